The van der Waals surface area contributed by atoms with Gasteiger partial charge in [-0.05, 0) is 42.2 Å². The molecule has 1 heterocycles. The maximum Gasteiger partial charge on any atom is 0.137 e. The molecule has 2 unspecified atom stereocenters. The van der Waals surface area contributed by atoms with Gasteiger partial charge in [-0.25, -0.2) is 13.8 Å². The molecule has 1 N–H and O–H groups in total. The van der Waals surface area contributed by atoms with Gasteiger partial charge in [-0.15, -0.1) is 0 Å². The Morgan fingerprint density at radius 2 is 2.13 bits per heavy atom. The fourth-order valence-electron chi connectivity index (χ4n) is 3.67. The highest BCUT2D eigenvalue weighted by Crippen LogP contribution is 2.51. The Kier molecular flexibility index (Phi) is 3.96. The van der Waals surface area contributed by atoms with Crippen LogP contribution in [-0.4, -0.2) is 25.5 Å². The molecule has 3 rings (SSSR count). The number of rotatable bonds is 4. The second kappa shape index (κ2) is 5.67. The Bertz CT molecular complexity index is 687. The predicted molar refractivity (Wildman–Crippen MR) is 81.5 cm³/mol. The van der Waals surface area contributed by atoms with Gasteiger partial charge in [0, 0.05) is 6.07 Å². The minimum Gasteiger partial charge on any atom is -0.387 e. The Hall–Kier alpha value is -1.82. The predicted octanol–water partition coefficient (Wildman–Crippen LogP) is 2.97. The van der Waals surface area contributed by atoms with Gasteiger partial charge in [0.1, 0.15) is 24.3 Å². The summed E-state index contributed by atoms with van der Waals surface area (Å²) in [4.78, 5) is 3.92. The van der Waals surface area contributed by atoms with Gasteiger partial charge in [0.05, 0.1) is 12.1 Å². The Balaban J connectivity index is 1.88. The second-order valence-electron chi connectivity index (χ2n) is 7.08. The Morgan fingerprint density at radius 1 is 1.35 bits per heavy atom. The smallest absolute Gasteiger partial charge is 0.137 e. The summed E-state index contributed by atoms with van der Waals surface area (Å²) in [5.74, 6) is -1.27. The van der Waals surface area contributed by atoms with Crippen molar-refractivity contribution in [3.8, 4) is 0 Å². The molecular formula is C17H21F2N3O. The number of hydrogen-bond donors (Lipinski definition) is 1. The highest BCUT2D eigenvalue weighted by molar-refractivity contribution is 5.21. The number of aliphatic hydroxyl groups is 1. The molecule has 0 radical (unpaired) electrons. The number of benzene rings is 1. The molecule has 2 aromatic rings. The van der Waals surface area contributed by atoms with Crippen LogP contribution in [0.1, 0.15) is 32.3 Å². The highest BCUT2D eigenvalue weighted by atomic mass is 19.1. The maximum atomic E-state index is 14.0. The largest absolute Gasteiger partial charge is 0.387 e. The normalized spacial score (nSPS) is 26.6. The van der Waals surface area contributed by atoms with Crippen molar-refractivity contribution in [1.82, 2.24) is 14.8 Å². The molecule has 2 atom stereocenters. The van der Waals surface area contributed by atoms with Crippen LogP contribution in [0.4, 0.5) is 8.78 Å². The fourth-order valence-corrected chi connectivity index (χ4v) is 3.67. The first kappa shape index (κ1) is 16.1. The standard InChI is InChI=1S/C17H21F2N3O/c1-16(2)6-5-13(7-12-3-4-14(18)8-15(12)19)17(16,23)9-22-11-20-10-21-22/h3-4,8,10-11,13,23H,5-7,9H2,1-2H3. The van der Waals surface area contributed by atoms with Crippen LogP contribution in [0.25, 0.3) is 0 Å². The molecule has 4 nitrogen and oxygen atoms in total. The molecule has 6 heteroatoms. The summed E-state index contributed by atoms with van der Waals surface area (Å²) in [6.45, 7) is 4.35. The lowest BCUT2D eigenvalue weighted by Crippen LogP contribution is -2.49. The summed E-state index contributed by atoms with van der Waals surface area (Å²) >= 11 is 0. The van der Waals surface area contributed by atoms with Gasteiger partial charge in [-0.2, -0.15) is 5.10 Å². The van der Waals surface area contributed by atoms with Crippen molar-refractivity contribution in [3.05, 3.63) is 48.1 Å². The molecule has 23 heavy (non-hydrogen) atoms. The summed E-state index contributed by atoms with van der Waals surface area (Å²) in [6, 6.07) is 3.62. The minimum atomic E-state index is -1.03. The van der Waals surface area contributed by atoms with Gasteiger partial charge in [0.2, 0.25) is 0 Å². The van der Waals surface area contributed by atoms with Crippen LogP contribution >= 0.6 is 0 Å². The summed E-state index contributed by atoms with van der Waals surface area (Å²) in [6.07, 6.45) is 5.00. The Labute approximate surface area is 134 Å². The van der Waals surface area contributed by atoms with Crippen LogP contribution in [0.5, 0.6) is 0 Å². The van der Waals surface area contributed by atoms with Crippen LogP contribution < -0.4 is 0 Å². The fraction of sp³-hybridized carbons (Fsp3) is 0.529. The zero-order valence-corrected chi connectivity index (χ0v) is 13.3. The van der Waals surface area contributed by atoms with Crippen molar-refractivity contribution in [1.29, 1.82) is 0 Å². The molecule has 1 fully saturated rings. The third-order valence-electron chi connectivity index (χ3n) is 5.32. The van der Waals surface area contributed by atoms with Crippen molar-refractivity contribution >= 4 is 0 Å². The monoisotopic (exact) mass is 321 g/mol. The van der Waals surface area contributed by atoms with Crippen molar-refractivity contribution in [2.75, 3.05) is 0 Å². The summed E-state index contributed by atoms with van der Waals surface area (Å²) in [5, 5.41) is 15.5. The maximum absolute atomic E-state index is 14.0. The van der Waals surface area contributed by atoms with Crippen LogP contribution in [0.15, 0.2) is 30.9 Å². The summed E-state index contributed by atoms with van der Waals surface area (Å²) in [7, 11) is 0. The third-order valence-corrected chi connectivity index (χ3v) is 5.32. The van der Waals surface area contributed by atoms with E-state index in [4.69, 9.17) is 0 Å². The van der Waals surface area contributed by atoms with Crippen LogP contribution in [0.2, 0.25) is 0 Å². The van der Waals surface area contributed by atoms with E-state index in [0.29, 0.717) is 18.5 Å². The summed E-state index contributed by atoms with van der Waals surface area (Å²) in [5.41, 5.74) is -0.909. The average molecular weight is 321 g/mol. The SMILES string of the molecule is CC1(C)CCC(Cc2ccc(F)cc2F)C1(O)Cn1cncn1. The third kappa shape index (κ3) is 2.87. The lowest BCUT2D eigenvalue weighted by Gasteiger charge is -2.40. The Morgan fingerprint density at radius 3 is 2.78 bits per heavy atom. The second-order valence-corrected chi connectivity index (χ2v) is 7.08. The molecule has 0 spiro atoms. The van der Waals surface area contributed by atoms with Crippen LogP contribution in [-0.2, 0) is 13.0 Å². The molecule has 1 aliphatic rings. The molecule has 1 aromatic carbocycles. The van der Waals surface area contributed by atoms with Gasteiger partial charge in [-0.1, -0.05) is 19.9 Å². The first-order chi connectivity index (χ1) is 10.8. The van der Waals surface area contributed by atoms with E-state index in [1.807, 2.05) is 13.8 Å². The van der Waals surface area contributed by atoms with Crippen LogP contribution in [0.3, 0.4) is 0 Å². The van der Waals surface area contributed by atoms with Crippen molar-refractivity contribution in [2.24, 2.45) is 11.3 Å². The lowest BCUT2D eigenvalue weighted by atomic mass is 9.72. The van der Waals surface area contributed by atoms with Crippen LogP contribution in [0, 0.1) is 23.0 Å². The number of aromatic nitrogens is 3. The number of hydrogen-bond acceptors (Lipinski definition) is 3. The zero-order valence-electron chi connectivity index (χ0n) is 13.3. The molecule has 1 aromatic heterocycles. The lowest BCUT2D eigenvalue weighted by molar-refractivity contribution is -0.0908. The topological polar surface area (TPSA) is 50.9 Å². The summed E-state index contributed by atoms with van der Waals surface area (Å²) < 4.78 is 28.7. The first-order valence-corrected chi connectivity index (χ1v) is 7.80. The molecular weight excluding hydrogens is 300 g/mol. The van der Waals surface area contributed by atoms with Gasteiger partial charge < -0.3 is 5.11 Å². The van der Waals surface area contributed by atoms with E-state index in [9.17, 15) is 13.9 Å². The average Bonchev–Trinajstić information content (AvgIpc) is 3.04. The van der Waals surface area contributed by atoms with Crippen molar-refractivity contribution in [3.63, 3.8) is 0 Å². The van der Waals surface area contributed by atoms with Crippen molar-refractivity contribution < 1.29 is 13.9 Å². The molecule has 0 aliphatic heterocycles. The van der Waals surface area contributed by atoms with E-state index in [1.165, 1.54) is 18.5 Å². The van der Waals surface area contributed by atoms with Crippen molar-refractivity contribution in [2.45, 2.75) is 45.3 Å². The minimum absolute atomic E-state index is 0.123. The van der Waals surface area contributed by atoms with E-state index in [0.717, 1.165) is 18.9 Å². The molecule has 0 saturated heterocycles. The molecule has 0 bridgehead atoms. The molecule has 0 amide bonds. The van der Waals surface area contributed by atoms with E-state index >= 15 is 0 Å². The molecule has 1 aliphatic carbocycles. The van der Waals surface area contributed by atoms with E-state index < -0.39 is 17.2 Å². The van der Waals surface area contributed by atoms with E-state index in [-0.39, 0.29) is 11.3 Å². The van der Waals surface area contributed by atoms with Gasteiger partial charge in [-0.3, -0.25) is 4.68 Å². The first-order valence-electron chi connectivity index (χ1n) is 7.80. The van der Waals surface area contributed by atoms with E-state index in [2.05, 4.69) is 10.1 Å². The highest BCUT2D eigenvalue weighted by Gasteiger charge is 2.54. The quantitative estimate of drug-likeness (QED) is 0.942. The molecule has 1 saturated carbocycles. The van der Waals surface area contributed by atoms with Gasteiger partial charge >= 0.3 is 0 Å². The zero-order chi connectivity index (χ0) is 16.7. The number of nitrogens with zero attached hydrogens (tertiary/aromatic N) is 3. The van der Waals surface area contributed by atoms with Gasteiger partial charge in [0.15, 0.2) is 0 Å². The molecule has 124 valence electrons. The van der Waals surface area contributed by atoms with E-state index in [1.54, 1.807) is 11.0 Å². The van der Waals surface area contributed by atoms with Gasteiger partial charge in [0.25, 0.3) is 0 Å². The number of halogens is 2.